The molecule has 0 fully saturated rings. The second kappa shape index (κ2) is 8.34. The van der Waals surface area contributed by atoms with Crippen molar-refractivity contribution in [1.29, 1.82) is 0 Å². The molecule has 0 aliphatic rings. The van der Waals surface area contributed by atoms with Crippen LogP contribution in [0.1, 0.15) is 12.8 Å². The van der Waals surface area contributed by atoms with Gasteiger partial charge in [0, 0.05) is 0 Å². The average molecular weight is 293 g/mol. The van der Waals surface area contributed by atoms with Crippen LogP contribution in [0.3, 0.4) is 0 Å². The number of hydrogen-bond donors (Lipinski definition) is 0. The van der Waals surface area contributed by atoms with Crippen LogP contribution >= 0.6 is 0 Å². The van der Waals surface area contributed by atoms with Crippen LogP contribution in [0.25, 0.3) is 0 Å². The van der Waals surface area contributed by atoms with Crippen molar-refractivity contribution in [2.24, 2.45) is 0 Å². The van der Waals surface area contributed by atoms with Crippen LogP contribution in [-0.4, -0.2) is 47.3 Å². The molecule has 72 valence electrons. The molecule has 0 aliphatic carbocycles. The molecule has 0 bridgehead atoms. The summed E-state index contributed by atoms with van der Waals surface area (Å²) in [5.74, 6) is -0.307. The molecule has 0 atom stereocenters. The van der Waals surface area contributed by atoms with E-state index in [1.54, 1.807) is 0 Å². The van der Waals surface area contributed by atoms with E-state index in [1.807, 2.05) is 0 Å². The average Bonchev–Trinajstić information content (AvgIpc) is 2.16. The summed E-state index contributed by atoms with van der Waals surface area (Å²) in [4.78, 5) is 21.4. The fourth-order valence-corrected chi connectivity index (χ4v) is 3.60. The van der Waals surface area contributed by atoms with Crippen LogP contribution in [0, 0.1) is 0 Å². The third-order valence-electron chi connectivity index (χ3n) is 1.47. The van der Waals surface area contributed by atoms with Crippen LogP contribution in [0.4, 0.5) is 0 Å². The summed E-state index contributed by atoms with van der Waals surface area (Å²) < 4.78 is 10.9. The Bertz CT molecular complexity index is 152. The van der Waals surface area contributed by atoms with Crippen molar-refractivity contribution in [3.63, 3.8) is 0 Å². The van der Waals surface area contributed by atoms with Crippen molar-refractivity contribution in [1.82, 2.24) is 0 Å². The number of methoxy groups -OCH3 is 2. The van der Waals surface area contributed by atoms with Gasteiger partial charge in [0.15, 0.2) is 0 Å². The Morgan fingerprint density at radius 2 is 1.38 bits per heavy atom. The third-order valence-corrected chi connectivity index (χ3v) is 4.91. The fraction of sp³-hybridized carbons (Fsp3) is 0.750. The van der Waals surface area contributed by atoms with Crippen molar-refractivity contribution in [3.8, 4) is 0 Å². The Balaban J connectivity index is 3.17. The van der Waals surface area contributed by atoms with E-state index >= 15 is 0 Å². The van der Waals surface area contributed by atoms with E-state index in [1.165, 1.54) is 14.2 Å². The molecule has 0 radical (unpaired) electrons. The maximum absolute atomic E-state index is 10.7. The molecule has 0 heterocycles. The van der Waals surface area contributed by atoms with E-state index in [2.05, 4.69) is 9.47 Å². The third kappa shape index (κ3) is 8.08. The molecule has 0 spiro atoms. The van der Waals surface area contributed by atoms with Gasteiger partial charge >= 0.3 is 88.1 Å². The van der Waals surface area contributed by atoms with Gasteiger partial charge in [-0.25, -0.2) is 0 Å². The van der Waals surface area contributed by atoms with Crippen molar-refractivity contribution >= 4 is 33.1 Å². The molecule has 4 nitrogen and oxygen atoms in total. The van der Waals surface area contributed by atoms with Crippen LogP contribution < -0.4 is 0 Å². The summed E-state index contributed by atoms with van der Waals surface area (Å²) in [5, 5.41) is 0. The van der Waals surface area contributed by atoms with E-state index in [0.717, 1.165) is 8.87 Å². The Hall–Kier alpha value is -0.261. The molecule has 0 rings (SSSR count). The molecule has 0 N–H and O–H groups in total. The Labute approximate surface area is 88.2 Å². The molecular formula is C8H14O4Sn+2. The molecule has 0 saturated heterocycles. The SMILES string of the molecule is COC(=O)C[CH2][Sn+2][CH2]CC(=O)OC. The number of esters is 2. The first-order valence-electron chi connectivity index (χ1n) is 4.05. The van der Waals surface area contributed by atoms with Gasteiger partial charge in [0.25, 0.3) is 0 Å². The van der Waals surface area contributed by atoms with Gasteiger partial charge < -0.3 is 0 Å². The first-order valence-corrected chi connectivity index (χ1v) is 8.08. The van der Waals surface area contributed by atoms with Crippen LogP contribution in [0.5, 0.6) is 0 Å². The molecule has 0 amide bonds. The minimum absolute atomic E-state index is 0.154. The summed E-state index contributed by atoms with van der Waals surface area (Å²) >= 11 is -0.551. The van der Waals surface area contributed by atoms with Gasteiger partial charge in [0.1, 0.15) is 0 Å². The predicted molar refractivity (Wildman–Crippen MR) is 48.6 cm³/mol. The van der Waals surface area contributed by atoms with Crippen LogP contribution in [-0.2, 0) is 19.1 Å². The molecule has 0 aromatic rings. The number of carbonyl (C=O) groups is 2. The summed E-state index contributed by atoms with van der Waals surface area (Å²) in [6, 6.07) is 0. The van der Waals surface area contributed by atoms with Gasteiger partial charge in [-0.2, -0.15) is 0 Å². The maximum atomic E-state index is 10.7. The van der Waals surface area contributed by atoms with Crippen molar-refractivity contribution < 1.29 is 19.1 Å². The summed E-state index contributed by atoms with van der Waals surface area (Å²) in [5.41, 5.74) is 0. The van der Waals surface area contributed by atoms with Gasteiger partial charge in [-0.1, -0.05) is 0 Å². The number of rotatable bonds is 6. The van der Waals surface area contributed by atoms with Gasteiger partial charge in [-0.05, 0) is 0 Å². The minimum atomic E-state index is -0.551. The van der Waals surface area contributed by atoms with E-state index in [0.29, 0.717) is 12.8 Å². The van der Waals surface area contributed by atoms with E-state index in [-0.39, 0.29) is 11.9 Å². The van der Waals surface area contributed by atoms with Crippen molar-refractivity contribution in [2.45, 2.75) is 21.7 Å². The van der Waals surface area contributed by atoms with Gasteiger partial charge in [-0.3, -0.25) is 0 Å². The molecule has 5 heteroatoms. The molecule has 0 unspecified atom stereocenters. The summed E-state index contributed by atoms with van der Waals surface area (Å²) in [6.07, 6.45) is 1.01. The molecular weight excluding hydrogens is 279 g/mol. The predicted octanol–water partition coefficient (Wildman–Crippen LogP) is 0.653. The number of ether oxygens (including phenoxy) is 2. The zero-order valence-corrected chi connectivity index (χ0v) is 10.8. The van der Waals surface area contributed by atoms with E-state index in [9.17, 15) is 9.59 Å². The molecule has 0 aromatic heterocycles. The first kappa shape index (κ1) is 12.7. The number of carbonyl (C=O) groups excluding carboxylic acids is 2. The first-order chi connectivity index (χ1) is 6.20. The van der Waals surface area contributed by atoms with Gasteiger partial charge in [0.05, 0.1) is 0 Å². The topological polar surface area (TPSA) is 52.6 Å². The van der Waals surface area contributed by atoms with Crippen molar-refractivity contribution in [2.75, 3.05) is 14.2 Å². The Kier molecular flexibility index (Phi) is 8.17. The van der Waals surface area contributed by atoms with Crippen LogP contribution in [0.15, 0.2) is 0 Å². The Morgan fingerprint density at radius 1 is 1.00 bits per heavy atom. The summed E-state index contributed by atoms with van der Waals surface area (Å²) in [6.45, 7) is 0. The van der Waals surface area contributed by atoms with Gasteiger partial charge in [-0.15, -0.1) is 0 Å². The van der Waals surface area contributed by atoms with E-state index in [4.69, 9.17) is 0 Å². The molecule has 0 saturated carbocycles. The summed E-state index contributed by atoms with van der Waals surface area (Å²) in [7, 11) is 2.78. The number of hydrogen-bond acceptors (Lipinski definition) is 4. The molecule has 0 aliphatic heterocycles. The normalized spacial score (nSPS) is 8.77. The van der Waals surface area contributed by atoms with Crippen LogP contribution in [0.2, 0.25) is 8.87 Å². The zero-order chi connectivity index (χ0) is 10.1. The van der Waals surface area contributed by atoms with E-state index < -0.39 is 21.1 Å². The van der Waals surface area contributed by atoms with Crippen molar-refractivity contribution in [3.05, 3.63) is 0 Å². The Morgan fingerprint density at radius 3 is 1.69 bits per heavy atom. The second-order valence-corrected chi connectivity index (χ2v) is 6.68. The fourth-order valence-electron chi connectivity index (χ4n) is 0.710. The van der Waals surface area contributed by atoms with Gasteiger partial charge in [0.2, 0.25) is 0 Å². The molecule has 13 heavy (non-hydrogen) atoms. The standard InChI is InChI=1S/2C4H7O2.Sn/c2*1-3-4(5)6-2;/h2*1,3H2,2H3;/q;;+2. The zero-order valence-electron chi connectivity index (χ0n) is 7.96. The monoisotopic (exact) mass is 294 g/mol. The quantitative estimate of drug-likeness (QED) is 0.410. The molecule has 0 aromatic carbocycles. The second-order valence-electron chi connectivity index (χ2n) is 2.40.